The molecule has 2 aliphatic rings. The van der Waals surface area contributed by atoms with Crippen molar-refractivity contribution >= 4 is 0 Å². The maximum absolute atomic E-state index is 6.23. The molecule has 94 valence electrons. The van der Waals surface area contributed by atoms with Gasteiger partial charge in [-0.05, 0) is 13.3 Å². The molecular formula is C12H19N3O2. The van der Waals surface area contributed by atoms with Crippen molar-refractivity contribution in [3.05, 3.63) is 18.2 Å². The third-order valence-corrected chi connectivity index (χ3v) is 3.91. The predicted molar refractivity (Wildman–Crippen MR) is 62.5 cm³/mol. The molecule has 5 heteroatoms. The first-order chi connectivity index (χ1) is 8.20. The highest BCUT2D eigenvalue weighted by molar-refractivity contribution is 5.00. The minimum absolute atomic E-state index is 0.154. The molecule has 0 aromatic carbocycles. The van der Waals surface area contributed by atoms with Crippen molar-refractivity contribution in [3.8, 4) is 0 Å². The second kappa shape index (κ2) is 4.08. The molecule has 2 N–H and O–H groups in total. The third kappa shape index (κ3) is 1.88. The summed E-state index contributed by atoms with van der Waals surface area (Å²) in [6.45, 7) is 3.40. The van der Waals surface area contributed by atoms with Gasteiger partial charge in [0.1, 0.15) is 5.82 Å². The molecule has 2 unspecified atom stereocenters. The fourth-order valence-corrected chi connectivity index (χ4v) is 2.95. The van der Waals surface area contributed by atoms with Gasteiger partial charge in [-0.15, -0.1) is 0 Å². The molecule has 2 fully saturated rings. The number of hydrogen-bond donors (Lipinski definition) is 1. The highest BCUT2D eigenvalue weighted by atomic mass is 16.7. The van der Waals surface area contributed by atoms with Crippen LogP contribution in [0.25, 0.3) is 0 Å². The zero-order valence-corrected chi connectivity index (χ0v) is 10.1. The number of aromatic nitrogens is 2. The molecule has 0 bridgehead atoms. The molecule has 1 spiro atoms. The van der Waals surface area contributed by atoms with Crippen molar-refractivity contribution < 1.29 is 9.47 Å². The van der Waals surface area contributed by atoms with E-state index in [1.54, 1.807) is 0 Å². The van der Waals surface area contributed by atoms with E-state index in [1.807, 2.05) is 19.3 Å². The van der Waals surface area contributed by atoms with E-state index >= 15 is 0 Å². The fraction of sp³-hybridized carbons (Fsp3) is 0.750. The van der Waals surface area contributed by atoms with Gasteiger partial charge in [-0.2, -0.15) is 0 Å². The van der Waals surface area contributed by atoms with Crippen molar-refractivity contribution in [1.29, 1.82) is 0 Å². The van der Waals surface area contributed by atoms with Crippen molar-refractivity contribution in [3.63, 3.8) is 0 Å². The van der Waals surface area contributed by atoms with Gasteiger partial charge in [0, 0.05) is 31.3 Å². The van der Waals surface area contributed by atoms with Crippen LogP contribution in [-0.4, -0.2) is 34.6 Å². The summed E-state index contributed by atoms with van der Waals surface area (Å²) < 4.78 is 13.7. The van der Waals surface area contributed by atoms with Gasteiger partial charge in [0.15, 0.2) is 5.79 Å². The Balaban J connectivity index is 1.85. The SMILES string of the molecule is Cc1nccn1C1CC2(CCC1N)OCCO2. The molecule has 1 aliphatic carbocycles. The lowest BCUT2D eigenvalue weighted by Gasteiger charge is -2.40. The van der Waals surface area contributed by atoms with Crippen molar-refractivity contribution in [2.24, 2.45) is 5.73 Å². The zero-order valence-electron chi connectivity index (χ0n) is 10.1. The minimum atomic E-state index is -0.392. The second-order valence-corrected chi connectivity index (χ2v) is 4.96. The first kappa shape index (κ1) is 11.2. The average Bonchev–Trinajstić information content (AvgIpc) is 2.92. The van der Waals surface area contributed by atoms with Crippen LogP contribution in [0.5, 0.6) is 0 Å². The number of aryl methyl sites for hydroxylation is 1. The Bertz CT molecular complexity index is 398. The summed E-state index contributed by atoms with van der Waals surface area (Å²) in [7, 11) is 0. The van der Waals surface area contributed by atoms with Crippen LogP contribution in [0.3, 0.4) is 0 Å². The lowest BCUT2D eigenvalue weighted by atomic mass is 9.86. The van der Waals surface area contributed by atoms with Crippen molar-refractivity contribution in [2.75, 3.05) is 13.2 Å². The summed E-state index contributed by atoms with van der Waals surface area (Å²) >= 11 is 0. The molecule has 2 atom stereocenters. The van der Waals surface area contributed by atoms with Crippen LogP contribution in [0, 0.1) is 6.92 Å². The van der Waals surface area contributed by atoms with Gasteiger partial charge in [-0.3, -0.25) is 0 Å². The highest BCUT2D eigenvalue weighted by Gasteiger charge is 2.44. The van der Waals surface area contributed by atoms with Crippen LogP contribution in [0.2, 0.25) is 0 Å². The summed E-state index contributed by atoms with van der Waals surface area (Å²) in [6.07, 6.45) is 6.47. The van der Waals surface area contributed by atoms with E-state index in [4.69, 9.17) is 15.2 Å². The number of ether oxygens (including phenoxy) is 2. The number of rotatable bonds is 1. The molecule has 17 heavy (non-hydrogen) atoms. The summed E-state index contributed by atoms with van der Waals surface area (Å²) in [5, 5.41) is 0. The zero-order chi connectivity index (χ0) is 11.9. The van der Waals surface area contributed by atoms with Gasteiger partial charge in [-0.1, -0.05) is 0 Å². The molecule has 0 radical (unpaired) electrons. The van der Waals surface area contributed by atoms with E-state index in [0.717, 1.165) is 25.1 Å². The average molecular weight is 237 g/mol. The van der Waals surface area contributed by atoms with Crippen molar-refractivity contribution in [1.82, 2.24) is 9.55 Å². The van der Waals surface area contributed by atoms with E-state index in [-0.39, 0.29) is 12.1 Å². The predicted octanol–water partition coefficient (Wildman–Crippen LogP) is 0.987. The normalized spacial score (nSPS) is 32.1. The van der Waals surface area contributed by atoms with Crippen LogP contribution in [0.4, 0.5) is 0 Å². The molecule has 5 nitrogen and oxygen atoms in total. The lowest BCUT2D eigenvalue weighted by Crippen LogP contribution is -2.46. The topological polar surface area (TPSA) is 62.3 Å². The Labute approximate surface area is 101 Å². The lowest BCUT2D eigenvalue weighted by molar-refractivity contribution is -0.187. The summed E-state index contributed by atoms with van der Waals surface area (Å²) in [5.41, 5.74) is 6.23. The van der Waals surface area contributed by atoms with Crippen LogP contribution >= 0.6 is 0 Å². The maximum atomic E-state index is 6.23. The summed E-state index contributed by atoms with van der Waals surface area (Å²) in [4.78, 5) is 4.27. The van der Waals surface area contributed by atoms with E-state index in [0.29, 0.717) is 13.2 Å². The van der Waals surface area contributed by atoms with E-state index in [9.17, 15) is 0 Å². The smallest absolute Gasteiger partial charge is 0.170 e. The number of hydrogen-bond acceptors (Lipinski definition) is 4. The van der Waals surface area contributed by atoms with Gasteiger partial charge < -0.3 is 19.8 Å². The molecule has 2 heterocycles. The standard InChI is InChI=1S/C12H19N3O2/c1-9-14-4-5-15(9)11-8-12(3-2-10(11)13)16-6-7-17-12/h4-5,10-11H,2-3,6-8,13H2,1H3. The molecule has 3 rings (SSSR count). The molecule has 1 aliphatic heterocycles. The van der Waals surface area contributed by atoms with E-state index in [2.05, 4.69) is 9.55 Å². The van der Waals surface area contributed by atoms with Crippen LogP contribution < -0.4 is 5.73 Å². The summed E-state index contributed by atoms with van der Waals surface area (Å²) in [6, 6.07) is 0.380. The Hall–Kier alpha value is -0.910. The third-order valence-electron chi connectivity index (χ3n) is 3.91. The van der Waals surface area contributed by atoms with Gasteiger partial charge >= 0.3 is 0 Å². The number of nitrogens with zero attached hydrogens (tertiary/aromatic N) is 2. The fourth-order valence-electron chi connectivity index (χ4n) is 2.95. The highest BCUT2D eigenvalue weighted by Crippen LogP contribution is 2.40. The Morgan fingerprint density at radius 2 is 2.24 bits per heavy atom. The van der Waals surface area contributed by atoms with Crippen LogP contribution in [0.1, 0.15) is 31.1 Å². The van der Waals surface area contributed by atoms with E-state index < -0.39 is 5.79 Å². The first-order valence-electron chi connectivity index (χ1n) is 6.23. The van der Waals surface area contributed by atoms with Crippen LogP contribution in [-0.2, 0) is 9.47 Å². The maximum Gasteiger partial charge on any atom is 0.170 e. The van der Waals surface area contributed by atoms with Gasteiger partial charge in [0.25, 0.3) is 0 Å². The van der Waals surface area contributed by atoms with Gasteiger partial charge in [0.2, 0.25) is 0 Å². The second-order valence-electron chi connectivity index (χ2n) is 4.96. The molecular weight excluding hydrogens is 218 g/mol. The molecule has 1 saturated carbocycles. The Kier molecular flexibility index (Phi) is 2.69. The van der Waals surface area contributed by atoms with Crippen LogP contribution in [0.15, 0.2) is 12.4 Å². The Morgan fingerprint density at radius 3 is 2.88 bits per heavy atom. The quantitative estimate of drug-likeness (QED) is 0.791. The van der Waals surface area contributed by atoms with E-state index in [1.165, 1.54) is 0 Å². The number of imidazole rings is 1. The Morgan fingerprint density at radius 1 is 1.47 bits per heavy atom. The largest absolute Gasteiger partial charge is 0.347 e. The molecule has 1 saturated heterocycles. The molecule has 1 aromatic heterocycles. The van der Waals surface area contributed by atoms with Gasteiger partial charge in [0.05, 0.1) is 19.3 Å². The minimum Gasteiger partial charge on any atom is -0.347 e. The summed E-state index contributed by atoms with van der Waals surface area (Å²) in [5.74, 6) is 0.609. The van der Waals surface area contributed by atoms with Gasteiger partial charge in [-0.25, -0.2) is 4.98 Å². The number of nitrogens with two attached hydrogens (primary N) is 1. The molecule has 1 aromatic rings. The molecule has 0 amide bonds. The first-order valence-corrected chi connectivity index (χ1v) is 6.23. The monoisotopic (exact) mass is 237 g/mol. The van der Waals surface area contributed by atoms with Crippen molar-refractivity contribution in [2.45, 2.75) is 44.1 Å².